The van der Waals surface area contributed by atoms with Crippen molar-refractivity contribution in [1.82, 2.24) is 4.98 Å². The first kappa shape index (κ1) is 13.7. The number of hydrogen-bond acceptors (Lipinski definition) is 5. The Morgan fingerprint density at radius 1 is 1.71 bits per heavy atom. The number of carboxylic acids is 1. The summed E-state index contributed by atoms with van der Waals surface area (Å²) in [5, 5.41) is 18.0. The Kier molecular flexibility index (Phi) is 4.73. The summed E-state index contributed by atoms with van der Waals surface area (Å²) in [5.41, 5.74) is 0. The third-order valence-corrected chi connectivity index (χ3v) is 3.57. The molecule has 7 heteroatoms. The molecule has 0 saturated heterocycles. The van der Waals surface area contributed by atoms with Crippen LogP contribution in [-0.4, -0.2) is 28.6 Å². The Labute approximate surface area is 108 Å². The minimum atomic E-state index is -1.08. The van der Waals surface area contributed by atoms with Gasteiger partial charge in [-0.15, -0.1) is 0 Å². The highest BCUT2D eigenvalue weighted by atomic mass is 35.5. The van der Waals surface area contributed by atoms with E-state index in [1.54, 1.807) is 0 Å². The number of nitriles is 1. The third kappa shape index (κ3) is 3.32. The highest BCUT2D eigenvalue weighted by Gasteiger charge is 2.20. The van der Waals surface area contributed by atoms with Gasteiger partial charge in [-0.3, -0.25) is 0 Å². The Hall–Kier alpha value is -1.32. The number of hydrogen-bond donors (Lipinski definition) is 1. The summed E-state index contributed by atoms with van der Waals surface area (Å²) in [6, 6.07) is 2.18. The summed E-state index contributed by atoms with van der Waals surface area (Å²) >= 11 is 6.78. The zero-order valence-electron chi connectivity index (χ0n) is 9.47. The normalized spacial score (nSPS) is 10.3. The van der Waals surface area contributed by atoms with Gasteiger partial charge in [0.1, 0.15) is 0 Å². The number of aromatic carboxylic acids is 1. The zero-order valence-corrected chi connectivity index (χ0v) is 11.0. The lowest BCUT2D eigenvalue weighted by molar-refractivity contribution is 0.0702. The third-order valence-electron chi connectivity index (χ3n) is 2.10. The maximum absolute atomic E-state index is 10.9. The molecule has 0 bridgehead atoms. The number of carboxylic acid groups (broad SMARTS) is 1. The topological polar surface area (TPSA) is 77.2 Å². The minimum Gasteiger partial charge on any atom is -0.477 e. The Morgan fingerprint density at radius 3 is 2.76 bits per heavy atom. The van der Waals surface area contributed by atoms with Crippen LogP contribution in [0.15, 0.2) is 0 Å². The highest BCUT2D eigenvalue weighted by molar-refractivity contribution is 7.18. The van der Waals surface area contributed by atoms with Gasteiger partial charge in [0.05, 0.1) is 12.5 Å². The summed E-state index contributed by atoms with van der Waals surface area (Å²) in [6.07, 6.45) is 0.359. The minimum absolute atomic E-state index is 0.0000997. The first-order valence-electron chi connectivity index (χ1n) is 5.00. The molecule has 92 valence electrons. The maximum atomic E-state index is 10.9. The van der Waals surface area contributed by atoms with Crippen molar-refractivity contribution in [3.63, 3.8) is 0 Å². The SMILES string of the molecule is CC(C)N(CCC#N)c1nc(Cl)c(C(=O)O)s1. The lowest BCUT2D eigenvalue weighted by Crippen LogP contribution is -2.31. The molecule has 0 saturated carbocycles. The van der Waals surface area contributed by atoms with Gasteiger partial charge in [-0.05, 0) is 13.8 Å². The second-order valence-corrected chi connectivity index (χ2v) is 4.95. The summed E-state index contributed by atoms with van der Waals surface area (Å²) in [4.78, 5) is 16.8. The van der Waals surface area contributed by atoms with Gasteiger partial charge in [-0.2, -0.15) is 5.26 Å². The van der Waals surface area contributed by atoms with Crippen LogP contribution < -0.4 is 4.90 Å². The number of aromatic nitrogens is 1. The van der Waals surface area contributed by atoms with E-state index in [1.165, 1.54) is 0 Å². The van der Waals surface area contributed by atoms with Crippen LogP contribution in [0.3, 0.4) is 0 Å². The molecule has 0 radical (unpaired) electrons. The standard InChI is InChI=1S/C10H12ClN3O2S/c1-6(2)14(5-3-4-12)10-13-8(11)7(17-10)9(15)16/h6H,3,5H2,1-2H3,(H,15,16). The van der Waals surface area contributed by atoms with Crippen LogP contribution in [-0.2, 0) is 0 Å². The van der Waals surface area contributed by atoms with Crippen molar-refractivity contribution in [2.75, 3.05) is 11.4 Å². The molecule has 0 aliphatic carbocycles. The fourth-order valence-electron chi connectivity index (χ4n) is 1.29. The average molecular weight is 274 g/mol. The predicted octanol–water partition coefficient (Wildman–Crippen LogP) is 2.62. The number of anilines is 1. The molecule has 0 unspecified atom stereocenters. The van der Waals surface area contributed by atoms with E-state index < -0.39 is 5.97 Å². The van der Waals surface area contributed by atoms with Crippen LogP contribution in [0.1, 0.15) is 29.9 Å². The summed E-state index contributed by atoms with van der Waals surface area (Å²) in [5.74, 6) is -1.08. The number of nitrogens with zero attached hydrogens (tertiary/aromatic N) is 3. The fraction of sp³-hybridized carbons (Fsp3) is 0.500. The van der Waals surface area contributed by atoms with E-state index in [9.17, 15) is 4.79 Å². The van der Waals surface area contributed by atoms with E-state index in [1.807, 2.05) is 18.7 Å². The fourth-order valence-corrected chi connectivity index (χ4v) is 2.57. The molecular formula is C10H12ClN3O2S. The monoisotopic (exact) mass is 273 g/mol. The molecule has 1 rings (SSSR count). The molecule has 1 heterocycles. The average Bonchev–Trinajstić information content (AvgIpc) is 2.60. The molecule has 17 heavy (non-hydrogen) atoms. The molecule has 0 amide bonds. The van der Waals surface area contributed by atoms with Crippen molar-refractivity contribution in [1.29, 1.82) is 5.26 Å². The second kappa shape index (κ2) is 5.84. The van der Waals surface area contributed by atoms with Crippen molar-refractivity contribution in [2.24, 2.45) is 0 Å². The van der Waals surface area contributed by atoms with Crippen LogP contribution in [0.2, 0.25) is 5.15 Å². The van der Waals surface area contributed by atoms with Gasteiger partial charge in [0, 0.05) is 12.6 Å². The Balaban J connectivity index is 2.99. The van der Waals surface area contributed by atoms with E-state index in [0.717, 1.165) is 11.3 Å². The van der Waals surface area contributed by atoms with Crippen molar-refractivity contribution in [3.8, 4) is 6.07 Å². The van der Waals surface area contributed by atoms with Crippen LogP contribution >= 0.6 is 22.9 Å². The van der Waals surface area contributed by atoms with Gasteiger partial charge >= 0.3 is 5.97 Å². The molecule has 0 aliphatic heterocycles. The molecule has 1 N–H and O–H groups in total. The first-order chi connectivity index (χ1) is 7.97. The Morgan fingerprint density at radius 2 is 2.35 bits per heavy atom. The smallest absolute Gasteiger partial charge is 0.349 e. The van der Waals surface area contributed by atoms with Crippen molar-refractivity contribution < 1.29 is 9.90 Å². The quantitative estimate of drug-likeness (QED) is 0.892. The molecule has 1 aromatic heterocycles. The zero-order chi connectivity index (χ0) is 13.0. The van der Waals surface area contributed by atoms with Gasteiger partial charge in [0.15, 0.2) is 15.2 Å². The second-order valence-electron chi connectivity index (χ2n) is 3.62. The number of rotatable bonds is 5. The van der Waals surface area contributed by atoms with E-state index in [2.05, 4.69) is 11.1 Å². The molecule has 5 nitrogen and oxygen atoms in total. The highest BCUT2D eigenvalue weighted by Crippen LogP contribution is 2.30. The van der Waals surface area contributed by atoms with Crippen molar-refractivity contribution in [2.45, 2.75) is 26.3 Å². The molecule has 0 spiro atoms. The van der Waals surface area contributed by atoms with Gasteiger partial charge in [0.25, 0.3) is 0 Å². The van der Waals surface area contributed by atoms with Crippen LogP contribution in [0.4, 0.5) is 5.13 Å². The molecular weight excluding hydrogens is 262 g/mol. The van der Waals surface area contributed by atoms with Gasteiger partial charge in [-0.1, -0.05) is 22.9 Å². The van der Waals surface area contributed by atoms with Gasteiger partial charge in [0.2, 0.25) is 0 Å². The van der Waals surface area contributed by atoms with Crippen molar-refractivity contribution >= 4 is 34.0 Å². The number of halogens is 1. The van der Waals surface area contributed by atoms with E-state index in [0.29, 0.717) is 18.1 Å². The van der Waals surface area contributed by atoms with E-state index in [4.69, 9.17) is 22.0 Å². The van der Waals surface area contributed by atoms with Crippen LogP contribution in [0.5, 0.6) is 0 Å². The van der Waals surface area contributed by atoms with Crippen LogP contribution in [0.25, 0.3) is 0 Å². The molecule has 0 fully saturated rings. The van der Waals surface area contributed by atoms with Gasteiger partial charge in [-0.25, -0.2) is 9.78 Å². The molecule has 1 aromatic rings. The maximum Gasteiger partial charge on any atom is 0.349 e. The molecule has 0 atom stereocenters. The summed E-state index contributed by atoms with van der Waals surface area (Å²) < 4.78 is 0. The first-order valence-corrected chi connectivity index (χ1v) is 6.20. The largest absolute Gasteiger partial charge is 0.477 e. The van der Waals surface area contributed by atoms with Crippen LogP contribution in [0, 0.1) is 11.3 Å². The van der Waals surface area contributed by atoms with Gasteiger partial charge < -0.3 is 10.0 Å². The lowest BCUT2D eigenvalue weighted by Gasteiger charge is -2.24. The predicted molar refractivity (Wildman–Crippen MR) is 66.8 cm³/mol. The number of thiazole rings is 1. The molecule has 0 aliphatic rings. The van der Waals surface area contributed by atoms with E-state index >= 15 is 0 Å². The van der Waals surface area contributed by atoms with Crippen molar-refractivity contribution in [3.05, 3.63) is 10.0 Å². The number of carbonyl (C=O) groups is 1. The lowest BCUT2D eigenvalue weighted by atomic mass is 10.3. The Bertz CT molecular complexity index is 453. The summed E-state index contributed by atoms with van der Waals surface area (Å²) in [7, 11) is 0. The summed E-state index contributed by atoms with van der Waals surface area (Å²) in [6.45, 7) is 4.41. The van der Waals surface area contributed by atoms with E-state index in [-0.39, 0.29) is 16.1 Å². The molecule has 0 aromatic carbocycles.